The van der Waals surface area contributed by atoms with Crippen LogP contribution in [0.5, 0.6) is 11.5 Å². The maximum Gasteiger partial charge on any atom is 0.412 e. The third kappa shape index (κ3) is 7.17. The molecule has 7 heteroatoms. The number of carbonyl (C=O) groups excluding carboxylic acids is 2. The van der Waals surface area contributed by atoms with Crippen LogP contribution in [0.1, 0.15) is 13.3 Å². The minimum Gasteiger partial charge on any atom is -0.410 e. The molecule has 0 spiro atoms. The summed E-state index contributed by atoms with van der Waals surface area (Å²) in [5.41, 5.74) is 0. The maximum atomic E-state index is 11.5. The summed E-state index contributed by atoms with van der Waals surface area (Å²) in [6, 6.07) is 6.13. The van der Waals surface area contributed by atoms with Gasteiger partial charge in [0.05, 0.1) is 6.61 Å². The standard InChI is InChI=1S/C14H20N2O5/c1-3-9-19-10-8-16-14(18)21-12-6-4-11(5-7-12)20-13(17)15-2/h4-7H,3,8-10H2,1-2H3,(H,15,17)(H,16,18). The maximum absolute atomic E-state index is 11.5. The first kappa shape index (κ1) is 16.8. The molecular formula is C14H20N2O5. The molecule has 1 aromatic carbocycles. The minimum absolute atomic E-state index is 0.353. The Kier molecular flexibility index (Phi) is 7.67. The van der Waals surface area contributed by atoms with Crippen molar-refractivity contribution in [2.75, 3.05) is 26.8 Å². The Balaban J connectivity index is 2.31. The van der Waals surface area contributed by atoms with Crippen LogP contribution in [0.25, 0.3) is 0 Å². The van der Waals surface area contributed by atoms with E-state index in [1.165, 1.54) is 31.3 Å². The predicted molar refractivity (Wildman–Crippen MR) is 76.7 cm³/mol. The molecule has 2 N–H and O–H groups in total. The van der Waals surface area contributed by atoms with Gasteiger partial charge in [-0.05, 0) is 30.7 Å². The van der Waals surface area contributed by atoms with E-state index in [0.717, 1.165) is 6.42 Å². The Morgan fingerprint density at radius 3 is 2.10 bits per heavy atom. The van der Waals surface area contributed by atoms with Crippen molar-refractivity contribution < 1.29 is 23.8 Å². The number of hydrogen-bond acceptors (Lipinski definition) is 5. The van der Waals surface area contributed by atoms with E-state index in [0.29, 0.717) is 31.3 Å². The molecule has 0 aliphatic heterocycles. The molecule has 1 aromatic rings. The highest BCUT2D eigenvalue weighted by molar-refractivity contribution is 5.71. The molecule has 0 atom stereocenters. The zero-order valence-electron chi connectivity index (χ0n) is 12.2. The van der Waals surface area contributed by atoms with E-state index in [-0.39, 0.29) is 0 Å². The quantitative estimate of drug-likeness (QED) is 0.751. The molecular weight excluding hydrogens is 276 g/mol. The Morgan fingerprint density at radius 2 is 1.57 bits per heavy atom. The van der Waals surface area contributed by atoms with Crippen molar-refractivity contribution in [1.29, 1.82) is 0 Å². The number of amides is 2. The van der Waals surface area contributed by atoms with E-state index < -0.39 is 12.2 Å². The van der Waals surface area contributed by atoms with Gasteiger partial charge in [0.2, 0.25) is 0 Å². The van der Waals surface area contributed by atoms with E-state index in [1.807, 2.05) is 6.92 Å². The Bertz CT molecular complexity index is 447. The van der Waals surface area contributed by atoms with Gasteiger partial charge in [0.15, 0.2) is 0 Å². The van der Waals surface area contributed by atoms with E-state index in [2.05, 4.69) is 10.6 Å². The van der Waals surface area contributed by atoms with Crippen LogP contribution in [0.3, 0.4) is 0 Å². The fraction of sp³-hybridized carbons (Fsp3) is 0.429. The first-order valence-electron chi connectivity index (χ1n) is 6.68. The van der Waals surface area contributed by atoms with Gasteiger partial charge in [0.25, 0.3) is 0 Å². The lowest BCUT2D eigenvalue weighted by Gasteiger charge is -2.08. The van der Waals surface area contributed by atoms with Crippen molar-refractivity contribution >= 4 is 12.2 Å². The second-order valence-electron chi connectivity index (χ2n) is 4.04. The highest BCUT2D eigenvalue weighted by Crippen LogP contribution is 2.17. The summed E-state index contributed by atoms with van der Waals surface area (Å²) in [6.45, 7) is 3.52. The first-order valence-corrected chi connectivity index (χ1v) is 6.68. The van der Waals surface area contributed by atoms with Crippen molar-refractivity contribution in [3.05, 3.63) is 24.3 Å². The van der Waals surface area contributed by atoms with E-state index in [9.17, 15) is 9.59 Å². The molecule has 0 saturated heterocycles. The third-order valence-electron chi connectivity index (χ3n) is 2.31. The zero-order valence-corrected chi connectivity index (χ0v) is 12.2. The van der Waals surface area contributed by atoms with E-state index in [4.69, 9.17) is 14.2 Å². The molecule has 0 aliphatic rings. The topological polar surface area (TPSA) is 85.9 Å². The SMILES string of the molecule is CCCOCCNC(=O)Oc1ccc(OC(=O)NC)cc1. The van der Waals surface area contributed by atoms with Crippen LogP contribution in [0.4, 0.5) is 9.59 Å². The number of benzene rings is 1. The lowest BCUT2D eigenvalue weighted by molar-refractivity contribution is 0.134. The van der Waals surface area contributed by atoms with Gasteiger partial charge in [-0.15, -0.1) is 0 Å². The average molecular weight is 296 g/mol. The van der Waals surface area contributed by atoms with Crippen molar-refractivity contribution in [1.82, 2.24) is 10.6 Å². The lowest BCUT2D eigenvalue weighted by atomic mass is 10.3. The summed E-state index contributed by atoms with van der Waals surface area (Å²) >= 11 is 0. The van der Waals surface area contributed by atoms with Crippen LogP contribution in [0.2, 0.25) is 0 Å². The van der Waals surface area contributed by atoms with Gasteiger partial charge < -0.3 is 24.8 Å². The smallest absolute Gasteiger partial charge is 0.410 e. The van der Waals surface area contributed by atoms with Gasteiger partial charge in [-0.3, -0.25) is 0 Å². The molecule has 0 aromatic heterocycles. The number of ether oxygens (including phenoxy) is 3. The summed E-state index contributed by atoms with van der Waals surface area (Å²) in [5.74, 6) is 0.710. The van der Waals surface area contributed by atoms with Crippen LogP contribution in [0.15, 0.2) is 24.3 Å². The Hall–Kier alpha value is -2.28. The Labute approximate surface area is 123 Å². The van der Waals surface area contributed by atoms with Crippen molar-refractivity contribution in [2.24, 2.45) is 0 Å². The molecule has 7 nitrogen and oxygen atoms in total. The van der Waals surface area contributed by atoms with Gasteiger partial charge in [0.1, 0.15) is 11.5 Å². The molecule has 0 fully saturated rings. The average Bonchev–Trinajstić information content (AvgIpc) is 2.49. The number of nitrogens with one attached hydrogen (secondary N) is 2. The van der Waals surface area contributed by atoms with Gasteiger partial charge in [-0.2, -0.15) is 0 Å². The van der Waals surface area contributed by atoms with Crippen LogP contribution < -0.4 is 20.1 Å². The molecule has 0 aliphatic carbocycles. The molecule has 2 amide bonds. The highest BCUT2D eigenvalue weighted by atomic mass is 16.6. The summed E-state index contributed by atoms with van der Waals surface area (Å²) < 4.78 is 15.2. The fourth-order valence-corrected chi connectivity index (χ4v) is 1.35. The van der Waals surface area contributed by atoms with Gasteiger partial charge in [-0.25, -0.2) is 9.59 Å². The summed E-state index contributed by atoms with van der Waals surface area (Å²) in [6.07, 6.45) is -0.182. The molecule has 0 bridgehead atoms. The monoisotopic (exact) mass is 296 g/mol. The first-order chi connectivity index (χ1) is 10.2. The zero-order chi connectivity index (χ0) is 15.5. The van der Waals surface area contributed by atoms with Crippen LogP contribution in [0, 0.1) is 0 Å². The second-order valence-corrected chi connectivity index (χ2v) is 4.04. The van der Waals surface area contributed by atoms with Crippen molar-refractivity contribution in [3.8, 4) is 11.5 Å². The van der Waals surface area contributed by atoms with Crippen molar-refractivity contribution in [3.63, 3.8) is 0 Å². The number of carbonyl (C=O) groups is 2. The number of hydrogen-bond donors (Lipinski definition) is 2. The Morgan fingerprint density at radius 1 is 1.00 bits per heavy atom. The summed E-state index contributed by atoms with van der Waals surface area (Å²) in [4.78, 5) is 22.5. The fourth-order valence-electron chi connectivity index (χ4n) is 1.35. The highest BCUT2D eigenvalue weighted by Gasteiger charge is 2.05. The van der Waals surface area contributed by atoms with Crippen LogP contribution in [-0.2, 0) is 4.74 Å². The van der Waals surface area contributed by atoms with Crippen LogP contribution >= 0.6 is 0 Å². The molecule has 0 heterocycles. The lowest BCUT2D eigenvalue weighted by Crippen LogP contribution is -2.30. The molecule has 0 unspecified atom stereocenters. The normalized spacial score (nSPS) is 9.81. The predicted octanol–water partition coefficient (Wildman–Crippen LogP) is 1.92. The van der Waals surface area contributed by atoms with Crippen molar-refractivity contribution in [2.45, 2.75) is 13.3 Å². The van der Waals surface area contributed by atoms with Gasteiger partial charge >= 0.3 is 12.2 Å². The van der Waals surface area contributed by atoms with Gasteiger partial charge in [-0.1, -0.05) is 6.92 Å². The largest absolute Gasteiger partial charge is 0.412 e. The molecule has 1 rings (SSSR count). The number of rotatable bonds is 7. The second kappa shape index (κ2) is 9.60. The molecule has 116 valence electrons. The van der Waals surface area contributed by atoms with E-state index in [1.54, 1.807) is 0 Å². The van der Waals surface area contributed by atoms with E-state index >= 15 is 0 Å². The summed E-state index contributed by atoms with van der Waals surface area (Å²) in [5, 5.41) is 4.89. The molecule has 21 heavy (non-hydrogen) atoms. The third-order valence-corrected chi connectivity index (χ3v) is 2.31. The van der Waals surface area contributed by atoms with Gasteiger partial charge in [0, 0.05) is 20.2 Å². The molecule has 0 radical (unpaired) electrons. The minimum atomic E-state index is -0.562. The molecule has 0 saturated carbocycles. The summed E-state index contributed by atoms with van der Waals surface area (Å²) in [7, 11) is 1.47. The van der Waals surface area contributed by atoms with Crippen LogP contribution in [-0.4, -0.2) is 39.0 Å².